The van der Waals surface area contributed by atoms with Gasteiger partial charge in [0.2, 0.25) is 5.89 Å². The first kappa shape index (κ1) is 14.8. The fraction of sp³-hybridized carbons (Fsp3) is 0.562. The molecule has 3 heterocycles. The molecule has 2 aromatic rings. The van der Waals surface area contributed by atoms with Crippen molar-refractivity contribution in [2.24, 2.45) is 0 Å². The van der Waals surface area contributed by atoms with Gasteiger partial charge in [-0.3, -0.25) is 9.69 Å². The number of hydrogen-bond donors (Lipinski definition) is 0. The molecule has 0 radical (unpaired) electrons. The molecule has 1 aliphatic heterocycles. The molecule has 1 amide bonds. The third-order valence-electron chi connectivity index (χ3n) is 4.67. The van der Waals surface area contributed by atoms with Crippen molar-refractivity contribution < 1.29 is 9.32 Å². The number of rotatable bonds is 4. The minimum Gasteiger partial charge on any atom is -0.338 e. The van der Waals surface area contributed by atoms with Crippen molar-refractivity contribution in [1.29, 1.82) is 0 Å². The zero-order valence-electron chi connectivity index (χ0n) is 13.1. The molecule has 1 saturated heterocycles. The van der Waals surface area contributed by atoms with Crippen LogP contribution >= 0.6 is 11.3 Å². The van der Waals surface area contributed by atoms with Crippen molar-refractivity contribution >= 4 is 17.2 Å². The van der Waals surface area contributed by atoms with Crippen molar-refractivity contribution in [3.63, 3.8) is 0 Å². The monoisotopic (exact) mass is 332 g/mol. The number of thiophene rings is 1. The summed E-state index contributed by atoms with van der Waals surface area (Å²) >= 11 is 1.56. The first-order chi connectivity index (χ1) is 11.2. The van der Waals surface area contributed by atoms with Gasteiger partial charge in [0.1, 0.15) is 0 Å². The highest BCUT2D eigenvalue weighted by atomic mass is 32.1. The Bertz CT molecular complexity index is 672. The number of amides is 1. The highest BCUT2D eigenvalue weighted by Crippen LogP contribution is 2.38. The van der Waals surface area contributed by atoms with E-state index in [0.29, 0.717) is 11.8 Å². The van der Waals surface area contributed by atoms with Crippen LogP contribution in [-0.4, -0.2) is 52.0 Å². The molecule has 7 heteroatoms. The summed E-state index contributed by atoms with van der Waals surface area (Å²) in [5.41, 5.74) is 0.794. The summed E-state index contributed by atoms with van der Waals surface area (Å²) in [6.07, 6.45) is 2.35. The van der Waals surface area contributed by atoms with E-state index in [4.69, 9.17) is 4.52 Å². The zero-order valence-corrected chi connectivity index (χ0v) is 14.0. The van der Waals surface area contributed by atoms with Gasteiger partial charge in [-0.2, -0.15) is 16.3 Å². The van der Waals surface area contributed by atoms with Gasteiger partial charge in [0.15, 0.2) is 5.82 Å². The van der Waals surface area contributed by atoms with Gasteiger partial charge in [-0.1, -0.05) is 5.16 Å². The lowest BCUT2D eigenvalue weighted by Gasteiger charge is -2.36. The van der Waals surface area contributed by atoms with Crippen LogP contribution in [0.4, 0.5) is 0 Å². The minimum atomic E-state index is 0.105. The lowest BCUT2D eigenvalue weighted by molar-refractivity contribution is 0.0552. The van der Waals surface area contributed by atoms with Crippen LogP contribution in [0.25, 0.3) is 0 Å². The lowest BCUT2D eigenvalue weighted by Crippen LogP contribution is -2.49. The van der Waals surface area contributed by atoms with E-state index in [1.54, 1.807) is 11.3 Å². The van der Waals surface area contributed by atoms with Crippen molar-refractivity contribution in [1.82, 2.24) is 19.9 Å². The molecule has 4 rings (SSSR count). The average Bonchev–Trinajstić information content (AvgIpc) is 3.10. The fourth-order valence-electron chi connectivity index (χ4n) is 2.96. The Morgan fingerprint density at radius 1 is 1.35 bits per heavy atom. The third kappa shape index (κ3) is 3.03. The summed E-state index contributed by atoms with van der Waals surface area (Å²) in [4.78, 5) is 21.1. The van der Waals surface area contributed by atoms with Crippen LogP contribution in [0.3, 0.4) is 0 Å². The second kappa shape index (κ2) is 6.05. The van der Waals surface area contributed by atoms with Crippen molar-refractivity contribution in [2.75, 3.05) is 26.2 Å². The standard InChI is InChI=1S/C16H20N4O2S/c1-11(15-17-14(18-22-15)12-2-3-12)19-5-7-20(8-6-19)16(21)13-4-9-23-10-13/h4,9-12H,2-3,5-8H2,1H3/t11-/m0/s1. The molecule has 122 valence electrons. The molecule has 0 aromatic carbocycles. The molecule has 0 N–H and O–H groups in total. The maximum absolute atomic E-state index is 12.4. The second-order valence-electron chi connectivity index (χ2n) is 6.28. The lowest BCUT2D eigenvalue weighted by atomic mass is 10.2. The first-order valence-electron chi connectivity index (χ1n) is 8.11. The van der Waals surface area contributed by atoms with Crippen LogP contribution < -0.4 is 0 Å². The van der Waals surface area contributed by atoms with Gasteiger partial charge < -0.3 is 9.42 Å². The highest BCUT2D eigenvalue weighted by molar-refractivity contribution is 7.08. The Hall–Kier alpha value is -1.73. The van der Waals surface area contributed by atoms with Gasteiger partial charge in [-0.15, -0.1) is 0 Å². The molecular weight excluding hydrogens is 312 g/mol. The van der Waals surface area contributed by atoms with Crippen molar-refractivity contribution in [3.05, 3.63) is 34.1 Å². The number of carbonyl (C=O) groups excluding carboxylic acids is 1. The van der Waals surface area contributed by atoms with E-state index in [9.17, 15) is 4.79 Å². The van der Waals surface area contributed by atoms with E-state index in [-0.39, 0.29) is 11.9 Å². The van der Waals surface area contributed by atoms with E-state index in [1.165, 1.54) is 12.8 Å². The van der Waals surface area contributed by atoms with Crippen molar-refractivity contribution in [3.8, 4) is 0 Å². The molecule has 0 unspecified atom stereocenters. The summed E-state index contributed by atoms with van der Waals surface area (Å²) in [6, 6.07) is 1.99. The van der Waals surface area contributed by atoms with E-state index in [1.807, 2.05) is 21.7 Å². The van der Waals surface area contributed by atoms with Crippen LogP contribution in [0.1, 0.15) is 53.8 Å². The van der Waals surface area contributed by atoms with Gasteiger partial charge in [0.05, 0.1) is 11.6 Å². The quantitative estimate of drug-likeness (QED) is 0.861. The third-order valence-corrected chi connectivity index (χ3v) is 5.36. The normalized spacial score (nSPS) is 20.7. The number of hydrogen-bond acceptors (Lipinski definition) is 6. The minimum absolute atomic E-state index is 0.105. The molecular formula is C16H20N4O2S. The predicted octanol–water partition coefficient (Wildman–Crippen LogP) is 2.53. The van der Waals surface area contributed by atoms with Gasteiger partial charge in [-0.05, 0) is 31.2 Å². The smallest absolute Gasteiger partial charge is 0.254 e. The van der Waals surface area contributed by atoms with E-state index >= 15 is 0 Å². The Morgan fingerprint density at radius 3 is 2.78 bits per heavy atom. The summed E-state index contributed by atoms with van der Waals surface area (Å²) in [7, 11) is 0. The van der Waals surface area contributed by atoms with E-state index in [2.05, 4.69) is 22.0 Å². The highest BCUT2D eigenvalue weighted by Gasteiger charge is 2.32. The van der Waals surface area contributed by atoms with Crippen LogP contribution in [0, 0.1) is 0 Å². The number of piperazine rings is 1. The van der Waals surface area contributed by atoms with Crippen molar-refractivity contribution in [2.45, 2.75) is 31.7 Å². The number of carbonyl (C=O) groups is 1. The van der Waals surface area contributed by atoms with Gasteiger partial charge in [-0.25, -0.2) is 0 Å². The topological polar surface area (TPSA) is 62.5 Å². The first-order valence-corrected chi connectivity index (χ1v) is 9.05. The summed E-state index contributed by atoms with van der Waals surface area (Å²) in [6.45, 7) is 5.24. The molecule has 0 spiro atoms. The van der Waals surface area contributed by atoms with Crippen LogP contribution in [0.5, 0.6) is 0 Å². The molecule has 6 nitrogen and oxygen atoms in total. The average molecular weight is 332 g/mol. The number of aromatic nitrogens is 2. The fourth-order valence-corrected chi connectivity index (χ4v) is 3.59. The largest absolute Gasteiger partial charge is 0.338 e. The predicted molar refractivity (Wildman–Crippen MR) is 86.5 cm³/mol. The number of nitrogens with zero attached hydrogens (tertiary/aromatic N) is 4. The molecule has 1 aliphatic carbocycles. The summed E-state index contributed by atoms with van der Waals surface area (Å²) < 4.78 is 5.43. The molecule has 2 aromatic heterocycles. The van der Waals surface area contributed by atoms with Crippen LogP contribution in [0.2, 0.25) is 0 Å². The maximum Gasteiger partial charge on any atom is 0.254 e. The summed E-state index contributed by atoms with van der Waals surface area (Å²) in [5.74, 6) is 2.20. The Labute approximate surface area is 139 Å². The SMILES string of the molecule is C[C@@H](c1nc(C2CC2)no1)N1CCN(C(=O)c2ccsc2)CC1. The van der Waals surface area contributed by atoms with E-state index < -0.39 is 0 Å². The zero-order chi connectivity index (χ0) is 15.8. The Morgan fingerprint density at radius 2 is 2.13 bits per heavy atom. The molecule has 2 fully saturated rings. The van der Waals surface area contributed by atoms with Crippen LogP contribution in [-0.2, 0) is 0 Å². The van der Waals surface area contributed by atoms with Gasteiger partial charge in [0, 0.05) is 37.5 Å². The Balaban J connectivity index is 1.35. The molecule has 0 bridgehead atoms. The second-order valence-corrected chi connectivity index (χ2v) is 7.06. The van der Waals surface area contributed by atoms with Gasteiger partial charge in [0.25, 0.3) is 5.91 Å². The molecule has 23 heavy (non-hydrogen) atoms. The van der Waals surface area contributed by atoms with Crippen LogP contribution in [0.15, 0.2) is 21.3 Å². The maximum atomic E-state index is 12.4. The van der Waals surface area contributed by atoms with Gasteiger partial charge >= 0.3 is 0 Å². The Kier molecular flexibility index (Phi) is 3.90. The molecule has 2 aliphatic rings. The molecule has 1 saturated carbocycles. The summed E-state index contributed by atoms with van der Waals surface area (Å²) in [5, 5.41) is 7.95. The molecule has 1 atom stereocenters. The van der Waals surface area contributed by atoms with E-state index in [0.717, 1.165) is 37.6 Å².